The molecule has 0 radical (unpaired) electrons. The maximum atomic E-state index is 6.37. The van der Waals surface area contributed by atoms with Gasteiger partial charge >= 0.3 is 0 Å². The van der Waals surface area contributed by atoms with Crippen molar-refractivity contribution in [3.8, 4) is 0 Å². The number of rotatable bonds is 3. The fraction of sp³-hybridized carbons (Fsp3) is 0.571. The molecule has 1 aromatic rings. The molecule has 0 aromatic heterocycles. The van der Waals surface area contributed by atoms with Crippen molar-refractivity contribution >= 4 is 0 Å². The molecule has 1 unspecified atom stereocenters. The van der Waals surface area contributed by atoms with Gasteiger partial charge in [-0.3, -0.25) is 4.90 Å². The Morgan fingerprint density at radius 1 is 1.25 bits per heavy atom. The van der Waals surface area contributed by atoms with Crippen LogP contribution in [0.15, 0.2) is 30.3 Å². The topological polar surface area (TPSA) is 29.3 Å². The molecule has 2 nitrogen and oxygen atoms in total. The van der Waals surface area contributed by atoms with Crippen LogP contribution in [0.2, 0.25) is 0 Å². The van der Waals surface area contributed by atoms with Gasteiger partial charge in [-0.15, -0.1) is 0 Å². The minimum Gasteiger partial charge on any atom is -0.323 e. The van der Waals surface area contributed by atoms with E-state index in [-0.39, 0.29) is 5.54 Å². The highest BCUT2D eigenvalue weighted by molar-refractivity contribution is 5.21. The van der Waals surface area contributed by atoms with Crippen LogP contribution in [0.5, 0.6) is 0 Å². The van der Waals surface area contributed by atoms with Crippen molar-refractivity contribution in [1.82, 2.24) is 4.90 Å². The van der Waals surface area contributed by atoms with Crippen molar-refractivity contribution in [2.24, 2.45) is 11.7 Å². The Hall–Kier alpha value is -0.860. The lowest BCUT2D eigenvalue weighted by Crippen LogP contribution is -2.68. The largest absolute Gasteiger partial charge is 0.323 e. The molecule has 0 bridgehead atoms. The third-order valence-electron chi connectivity index (χ3n) is 4.22. The fourth-order valence-electron chi connectivity index (χ4n) is 2.84. The second-order valence-corrected chi connectivity index (χ2v) is 5.50. The summed E-state index contributed by atoms with van der Waals surface area (Å²) in [6, 6.07) is 11.2. The van der Waals surface area contributed by atoms with Crippen LogP contribution < -0.4 is 5.73 Å². The van der Waals surface area contributed by atoms with Gasteiger partial charge in [-0.2, -0.15) is 0 Å². The monoisotopic (exact) mass is 216 g/mol. The van der Waals surface area contributed by atoms with Gasteiger partial charge in [0.1, 0.15) is 0 Å². The first-order valence-electron chi connectivity index (χ1n) is 6.27. The van der Waals surface area contributed by atoms with Gasteiger partial charge < -0.3 is 5.73 Å². The van der Waals surface area contributed by atoms with E-state index in [1.54, 1.807) is 0 Å². The zero-order valence-electron chi connectivity index (χ0n) is 9.89. The van der Waals surface area contributed by atoms with Gasteiger partial charge in [0.2, 0.25) is 0 Å². The standard InChI is InChI=1S/C14H20N2/c1-11(12-5-3-2-4-6-12)16-9-14(15,10-16)13-7-8-13/h2-6,11,13H,7-10,15H2,1H3. The number of nitrogens with zero attached hydrogens (tertiary/aromatic N) is 1. The first-order chi connectivity index (χ1) is 7.69. The first-order valence-corrected chi connectivity index (χ1v) is 6.27. The Balaban J connectivity index is 1.64. The van der Waals surface area contributed by atoms with Gasteiger partial charge in [-0.25, -0.2) is 0 Å². The number of likely N-dealkylation sites (tertiary alicyclic amines) is 1. The molecule has 1 heterocycles. The zero-order valence-corrected chi connectivity index (χ0v) is 9.89. The molecule has 0 spiro atoms. The maximum Gasteiger partial charge on any atom is 0.0441 e. The summed E-state index contributed by atoms with van der Waals surface area (Å²) >= 11 is 0. The summed E-state index contributed by atoms with van der Waals surface area (Å²) in [5.41, 5.74) is 7.92. The Kier molecular flexibility index (Phi) is 2.30. The Morgan fingerprint density at radius 2 is 1.88 bits per heavy atom. The smallest absolute Gasteiger partial charge is 0.0441 e. The van der Waals surface area contributed by atoms with Crippen LogP contribution in [0.1, 0.15) is 31.4 Å². The quantitative estimate of drug-likeness (QED) is 0.839. The summed E-state index contributed by atoms with van der Waals surface area (Å²) in [7, 11) is 0. The summed E-state index contributed by atoms with van der Waals surface area (Å²) in [4.78, 5) is 2.49. The molecule has 2 fully saturated rings. The molecule has 16 heavy (non-hydrogen) atoms. The van der Waals surface area contributed by atoms with Crippen LogP contribution in [0.4, 0.5) is 0 Å². The van der Waals surface area contributed by atoms with E-state index in [1.807, 2.05) is 0 Å². The average molecular weight is 216 g/mol. The molecular formula is C14H20N2. The average Bonchev–Trinajstić information content (AvgIpc) is 3.09. The van der Waals surface area contributed by atoms with E-state index >= 15 is 0 Å². The van der Waals surface area contributed by atoms with Gasteiger partial charge in [0, 0.05) is 24.7 Å². The van der Waals surface area contributed by atoms with Crippen LogP contribution in [0.3, 0.4) is 0 Å². The van der Waals surface area contributed by atoms with E-state index < -0.39 is 0 Å². The second kappa shape index (κ2) is 3.57. The maximum absolute atomic E-state index is 6.37. The summed E-state index contributed by atoms with van der Waals surface area (Å²) in [5, 5.41) is 0. The molecule has 1 aliphatic carbocycles. The van der Waals surface area contributed by atoms with Crippen molar-refractivity contribution in [2.75, 3.05) is 13.1 Å². The number of hydrogen-bond donors (Lipinski definition) is 1. The molecule has 1 aromatic carbocycles. The van der Waals surface area contributed by atoms with Crippen LogP contribution in [-0.4, -0.2) is 23.5 Å². The highest BCUT2D eigenvalue weighted by atomic mass is 15.3. The molecular weight excluding hydrogens is 196 g/mol. The molecule has 0 amide bonds. The highest BCUT2D eigenvalue weighted by Crippen LogP contribution is 2.45. The van der Waals surface area contributed by atoms with E-state index in [0.717, 1.165) is 19.0 Å². The molecule has 1 atom stereocenters. The Bertz CT molecular complexity index is 364. The van der Waals surface area contributed by atoms with Crippen molar-refractivity contribution in [3.05, 3.63) is 35.9 Å². The number of hydrogen-bond acceptors (Lipinski definition) is 2. The van der Waals surface area contributed by atoms with Crippen molar-refractivity contribution < 1.29 is 0 Å². The lowest BCUT2D eigenvalue weighted by atomic mass is 9.84. The molecule has 3 rings (SSSR count). The predicted molar refractivity (Wildman–Crippen MR) is 66.1 cm³/mol. The summed E-state index contributed by atoms with van der Waals surface area (Å²) < 4.78 is 0. The van der Waals surface area contributed by atoms with Gasteiger partial charge in [0.25, 0.3) is 0 Å². The summed E-state index contributed by atoms with van der Waals surface area (Å²) in [6.45, 7) is 4.43. The SMILES string of the molecule is CC(c1ccccc1)N1CC(N)(C2CC2)C1. The molecule has 1 saturated carbocycles. The first kappa shape index (κ1) is 10.3. The minimum atomic E-state index is 0.142. The Labute approximate surface area is 97.4 Å². The normalized spacial score (nSPS) is 26.1. The van der Waals surface area contributed by atoms with E-state index in [4.69, 9.17) is 5.73 Å². The summed E-state index contributed by atoms with van der Waals surface area (Å²) in [5.74, 6) is 0.812. The van der Waals surface area contributed by atoms with E-state index in [0.29, 0.717) is 6.04 Å². The third kappa shape index (κ3) is 1.66. The minimum absolute atomic E-state index is 0.142. The van der Waals surface area contributed by atoms with Crippen molar-refractivity contribution in [3.63, 3.8) is 0 Å². The molecule has 1 aliphatic heterocycles. The molecule has 86 valence electrons. The van der Waals surface area contributed by atoms with Gasteiger partial charge in [0.15, 0.2) is 0 Å². The molecule has 2 heteroatoms. The molecule has 2 N–H and O–H groups in total. The highest BCUT2D eigenvalue weighted by Gasteiger charge is 2.51. The van der Waals surface area contributed by atoms with E-state index in [1.165, 1.54) is 18.4 Å². The van der Waals surface area contributed by atoms with Gasteiger partial charge in [0.05, 0.1) is 0 Å². The fourth-order valence-corrected chi connectivity index (χ4v) is 2.84. The van der Waals surface area contributed by atoms with Crippen molar-refractivity contribution in [2.45, 2.75) is 31.3 Å². The predicted octanol–water partition coefficient (Wildman–Crippen LogP) is 2.17. The molecule has 1 saturated heterocycles. The third-order valence-corrected chi connectivity index (χ3v) is 4.22. The van der Waals surface area contributed by atoms with Crippen LogP contribution in [0.25, 0.3) is 0 Å². The van der Waals surface area contributed by atoms with Gasteiger partial charge in [-0.1, -0.05) is 30.3 Å². The second-order valence-electron chi connectivity index (χ2n) is 5.50. The number of benzene rings is 1. The number of nitrogens with two attached hydrogens (primary N) is 1. The van der Waals surface area contributed by atoms with E-state index in [2.05, 4.69) is 42.2 Å². The lowest BCUT2D eigenvalue weighted by Gasteiger charge is -2.51. The zero-order chi connectivity index (χ0) is 11.2. The lowest BCUT2D eigenvalue weighted by molar-refractivity contribution is 0.0215. The summed E-state index contributed by atoms with van der Waals surface area (Å²) in [6.07, 6.45) is 2.70. The van der Waals surface area contributed by atoms with E-state index in [9.17, 15) is 0 Å². The van der Waals surface area contributed by atoms with Crippen LogP contribution >= 0.6 is 0 Å². The molecule has 2 aliphatic rings. The van der Waals surface area contributed by atoms with Crippen LogP contribution in [0, 0.1) is 5.92 Å². The van der Waals surface area contributed by atoms with Crippen molar-refractivity contribution in [1.29, 1.82) is 0 Å². The Morgan fingerprint density at radius 3 is 2.44 bits per heavy atom. The van der Waals surface area contributed by atoms with Gasteiger partial charge in [-0.05, 0) is 31.2 Å². The van der Waals surface area contributed by atoms with Crippen LogP contribution in [-0.2, 0) is 0 Å².